The zero-order valence-corrected chi connectivity index (χ0v) is 11.6. The van der Waals surface area contributed by atoms with Crippen molar-refractivity contribution in [2.45, 2.75) is 13.3 Å². The van der Waals surface area contributed by atoms with Gasteiger partial charge in [-0.2, -0.15) is 5.10 Å². The van der Waals surface area contributed by atoms with E-state index in [0.29, 0.717) is 27.4 Å². The molecule has 0 amide bonds. The molecule has 1 aromatic carbocycles. The normalized spacial score (nSPS) is 10.7. The molecular formula is C12H13Cl2N3O. The number of rotatable bonds is 3. The number of benzene rings is 1. The first-order valence-corrected chi connectivity index (χ1v) is 6.22. The van der Waals surface area contributed by atoms with Crippen LogP contribution in [0.1, 0.15) is 12.6 Å². The fourth-order valence-corrected chi connectivity index (χ4v) is 1.94. The Morgan fingerprint density at radius 3 is 2.72 bits per heavy atom. The lowest BCUT2D eigenvalue weighted by atomic mass is 10.3. The molecule has 0 bridgehead atoms. The third-order valence-electron chi connectivity index (χ3n) is 2.54. The molecular weight excluding hydrogens is 273 g/mol. The van der Waals surface area contributed by atoms with Crippen molar-refractivity contribution in [3.8, 4) is 11.6 Å². The van der Waals surface area contributed by atoms with Gasteiger partial charge >= 0.3 is 0 Å². The minimum atomic E-state index is 0.460. The summed E-state index contributed by atoms with van der Waals surface area (Å²) in [5.41, 5.74) is 7.29. The molecule has 0 aliphatic heterocycles. The molecule has 2 aromatic rings. The van der Waals surface area contributed by atoms with Gasteiger partial charge in [0.2, 0.25) is 5.88 Å². The first-order valence-electron chi connectivity index (χ1n) is 5.47. The summed E-state index contributed by atoms with van der Waals surface area (Å²) >= 11 is 11.9. The Labute approximate surface area is 115 Å². The molecule has 0 aliphatic carbocycles. The predicted molar refractivity (Wildman–Crippen MR) is 73.5 cm³/mol. The highest BCUT2D eigenvalue weighted by Gasteiger charge is 2.15. The van der Waals surface area contributed by atoms with Crippen LogP contribution in [0.4, 0.5) is 5.69 Å². The molecule has 2 N–H and O–H groups in total. The number of hydrogen-bond acceptors (Lipinski definition) is 3. The van der Waals surface area contributed by atoms with Gasteiger partial charge in [-0.15, -0.1) is 0 Å². The Hall–Kier alpha value is -1.39. The summed E-state index contributed by atoms with van der Waals surface area (Å²) < 4.78 is 7.28. The molecule has 0 spiro atoms. The van der Waals surface area contributed by atoms with Gasteiger partial charge in [0, 0.05) is 18.1 Å². The minimum absolute atomic E-state index is 0.460. The number of nitrogens with zero attached hydrogens (tertiary/aromatic N) is 2. The standard InChI is InChI=1S/C12H13Cl2N3O/c1-3-9-11(15)12(17(2)16-9)18-10-6-7(13)4-5-8(10)14/h4-6H,3,15H2,1-2H3. The van der Waals surface area contributed by atoms with Crippen LogP contribution in [0.5, 0.6) is 11.6 Å². The number of nitrogens with two attached hydrogens (primary N) is 1. The van der Waals surface area contributed by atoms with Crippen LogP contribution in [0.2, 0.25) is 10.0 Å². The quantitative estimate of drug-likeness (QED) is 0.936. The van der Waals surface area contributed by atoms with E-state index in [-0.39, 0.29) is 0 Å². The summed E-state index contributed by atoms with van der Waals surface area (Å²) in [5, 5.41) is 5.29. The second-order valence-corrected chi connectivity index (χ2v) is 4.66. The number of aromatic nitrogens is 2. The summed E-state index contributed by atoms with van der Waals surface area (Å²) in [6.07, 6.45) is 0.742. The number of aryl methyl sites for hydroxylation is 2. The summed E-state index contributed by atoms with van der Waals surface area (Å²) in [4.78, 5) is 0. The predicted octanol–water partition coefficient (Wildman–Crippen LogP) is 3.66. The molecule has 2 rings (SSSR count). The Bertz CT molecular complexity index is 581. The lowest BCUT2D eigenvalue weighted by Crippen LogP contribution is -1.97. The zero-order chi connectivity index (χ0) is 13.3. The molecule has 0 radical (unpaired) electrons. The van der Waals surface area contributed by atoms with Gasteiger partial charge in [0.05, 0.1) is 10.7 Å². The van der Waals surface area contributed by atoms with Crippen LogP contribution >= 0.6 is 23.2 Å². The third-order valence-corrected chi connectivity index (χ3v) is 3.09. The number of hydrogen-bond donors (Lipinski definition) is 1. The van der Waals surface area contributed by atoms with Crippen molar-refractivity contribution in [3.63, 3.8) is 0 Å². The average molecular weight is 286 g/mol. The van der Waals surface area contributed by atoms with Crippen molar-refractivity contribution in [3.05, 3.63) is 33.9 Å². The van der Waals surface area contributed by atoms with Gasteiger partial charge in [-0.3, -0.25) is 0 Å². The van der Waals surface area contributed by atoms with E-state index in [2.05, 4.69) is 5.10 Å². The molecule has 1 heterocycles. The van der Waals surface area contributed by atoms with Crippen LogP contribution in [0.15, 0.2) is 18.2 Å². The highest BCUT2D eigenvalue weighted by Crippen LogP contribution is 2.35. The molecule has 0 saturated heterocycles. The van der Waals surface area contributed by atoms with E-state index < -0.39 is 0 Å². The second kappa shape index (κ2) is 5.08. The molecule has 4 nitrogen and oxygen atoms in total. The van der Waals surface area contributed by atoms with Crippen molar-refractivity contribution >= 4 is 28.9 Å². The van der Waals surface area contributed by atoms with Crippen LogP contribution < -0.4 is 10.5 Å². The summed E-state index contributed by atoms with van der Waals surface area (Å²) in [7, 11) is 1.77. The Morgan fingerprint density at radius 1 is 1.39 bits per heavy atom. The van der Waals surface area contributed by atoms with E-state index in [4.69, 9.17) is 33.7 Å². The highest BCUT2D eigenvalue weighted by molar-refractivity contribution is 6.34. The molecule has 96 valence electrons. The lowest BCUT2D eigenvalue weighted by Gasteiger charge is -2.08. The fourth-order valence-electron chi connectivity index (χ4n) is 1.62. The van der Waals surface area contributed by atoms with E-state index in [0.717, 1.165) is 12.1 Å². The number of halogens is 2. The van der Waals surface area contributed by atoms with Gasteiger partial charge in [-0.05, 0) is 18.6 Å². The molecule has 6 heteroatoms. The maximum atomic E-state index is 6.04. The lowest BCUT2D eigenvalue weighted by molar-refractivity contribution is 0.433. The molecule has 1 aromatic heterocycles. The minimum Gasteiger partial charge on any atom is -0.436 e. The van der Waals surface area contributed by atoms with Gasteiger partial charge in [0.15, 0.2) is 0 Å². The number of anilines is 1. The van der Waals surface area contributed by atoms with E-state index in [1.807, 2.05) is 6.92 Å². The zero-order valence-electron chi connectivity index (χ0n) is 10.1. The van der Waals surface area contributed by atoms with Gasteiger partial charge in [0.25, 0.3) is 0 Å². The first-order chi connectivity index (χ1) is 8.52. The molecule has 0 saturated carbocycles. The molecule has 18 heavy (non-hydrogen) atoms. The summed E-state index contributed by atoms with van der Waals surface area (Å²) in [5.74, 6) is 0.928. The van der Waals surface area contributed by atoms with Crippen LogP contribution in [0.25, 0.3) is 0 Å². The average Bonchev–Trinajstić information content (AvgIpc) is 2.61. The maximum absolute atomic E-state index is 6.04. The largest absolute Gasteiger partial charge is 0.436 e. The Morgan fingerprint density at radius 2 is 2.11 bits per heavy atom. The van der Waals surface area contributed by atoms with Gasteiger partial charge in [-0.25, -0.2) is 4.68 Å². The topological polar surface area (TPSA) is 53.1 Å². The van der Waals surface area contributed by atoms with Crippen LogP contribution in [-0.4, -0.2) is 9.78 Å². The van der Waals surface area contributed by atoms with Crippen LogP contribution in [0.3, 0.4) is 0 Å². The first kappa shape index (κ1) is 13.1. The number of nitrogen functional groups attached to an aromatic ring is 1. The molecule has 0 aliphatic rings. The fraction of sp³-hybridized carbons (Fsp3) is 0.250. The van der Waals surface area contributed by atoms with Gasteiger partial charge < -0.3 is 10.5 Å². The van der Waals surface area contributed by atoms with Crippen LogP contribution in [-0.2, 0) is 13.5 Å². The van der Waals surface area contributed by atoms with Crippen molar-refractivity contribution < 1.29 is 4.74 Å². The third kappa shape index (κ3) is 2.40. The SMILES string of the molecule is CCc1nn(C)c(Oc2cc(Cl)ccc2Cl)c1N. The highest BCUT2D eigenvalue weighted by atomic mass is 35.5. The second-order valence-electron chi connectivity index (χ2n) is 3.82. The van der Waals surface area contributed by atoms with E-state index >= 15 is 0 Å². The van der Waals surface area contributed by atoms with E-state index in [1.165, 1.54) is 0 Å². The van der Waals surface area contributed by atoms with E-state index in [9.17, 15) is 0 Å². The summed E-state index contributed by atoms with van der Waals surface area (Å²) in [6, 6.07) is 5.01. The molecule has 0 atom stereocenters. The smallest absolute Gasteiger partial charge is 0.241 e. The van der Waals surface area contributed by atoms with Crippen molar-refractivity contribution in [2.75, 3.05) is 5.73 Å². The van der Waals surface area contributed by atoms with Crippen LogP contribution in [0, 0.1) is 0 Å². The number of ether oxygens (including phenoxy) is 1. The van der Waals surface area contributed by atoms with Crippen molar-refractivity contribution in [1.29, 1.82) is 0 Å². The van der Waals surface area contributed by atoms with Gasteiger partial charge in [-0.1, -0.05) is 30.1 Å². The Balaban J connectivity index is 2.39. The molecule has 0 unspecified atom stereocenters. The van der Waals surface area contributed by atoms with Crippen molar-refractivity contribution in [2.24, 2.45) is 7.05 Å². The van der Waals surface area contributed by atoms with Crippen molar-refractivity contribution in [1.82, 2.24) is 9.78 Å². The summed E-state index contributed by atoms with van der Waals surface area (Å²) in [6.45, 7) is 1.98. The van der Waals surface area contributed by atoms with E-state index in [1.54, 1.807) is 29.9 Å². The monoisotopic (exact) mass is 285 g/mol. The molecule has 0 fully saturated rings. The van der Waals surface area contributed by atoms with Gasteiger partial charge in [0.1, 0.15) is 11.4 Å². The maximum Gasteiger partial charge on any atom is 0.241 e. The Kier molecular flexibility index (Phi) is 3.68.